The van der Waals surface area contributed by atoms with Crippen LogP contribution >= 0.6 is 22.6 Å². The Bertz CT molecular complexity index is 397. The van der Waals surface area contributed by atoms with E-state index in [2.05, 4.69) is 22.6 Å². The van der Waals surface area contributed by atoms with Crippen molar-refractivity contribution in [2.75, 3.05) is 0 Å². The van der Waals surface area contributed by atoms with Crippen molar-refractivity contribution in [3.8, 4) is 0 Å². The Kier molecular flexibility index (Phi) is 2.56. The van der Waals surface area contributed by atoms with Gasteiger partial charge >= 0.3 is 0 Å². The molecule has 15 heavy (non-hydrogen) atoms. The van der Waals surface area contributed by atoms with E-state index in [0.29, 0.717) is 6.42 Å². The maximum absolute atomic E-state index is 13.7. The molecule has 0 bridgehead atoms. The van der Waals surface area contributed by atoms with Crippen molar-refractivity contribution in [2.45, 2.75) is 38.0 Å². The fourth-order valence-electron chi connectivity index (χ4n) is 2.15. The molecule has 1 aliphatic rings. The van der Waals surface area contributed by atoms with Gasteiger partial charge in [-0.25, -0.2) is 8.78 Å². The Hall–Kier alpha value is -0.190. The van der Waals surface area contributed by atoms with Crippen molar-refractivity contribution < 1.29 is 8.78 Å². The number of rotatable bonds is 0. The largest absolute Gasteiger partial charge is 0.273 e. The smallest absolute Gasteiger partial charge is 0.201 e. The Labute approximate surface area is 102 Å². The molecule has 0 saturated heterocycles. The first-order valence-electron chi connectivity index (χ1n) is 5.01. The highest BCUT2D eigenvalue weighted by Crippen LogP contribution is 2.47. The lowest BCUT2D eigenvalue weighted by Crippen LogP contribution is -2.32. The summed E-state index contributed by atoms with van der Waals surface area (Å²) < 4.78 is 28.3. The van der Waals surface area contributed by atoms with Crippen LogP contribution in [0, 0.1) is 3.57 Å². The molecular formula is C12H13F2I. The number of fused-ring (bicyclic) bond motifs is 1. The van der Waals surface area contributed by atoms with Crippen LogP contribution in [0.5, 0.6) is 0 Å². The van der Waals surface area contributed by atoms with E-state index < -0.39 is 5.92 Å². The van der Waals surface area contributed by atoms with E-state index in [4.69, 9.17) is 0 Å². The molecule has 0 atom stereocenters. The van der Waals surface area contributed by atoms with Crippen molar-refractivity contribution in [2.24, 2.45) is 0 Å². The van der Waals surface area contributed by atoms with Crippen LogP contribution in [0.3, 0.4) is 0 Å². The quantitative estimate of drug-likeness (QED) is 0.619. The van der Waals surface area contributed by atoms with Gasteiger partial charge in [-0.2, -0.15) is 0 Å². The Morgan fingerprint density at radius 3 is 2.47 bits per heavy atom. The fraction of sp³-hybridized carbons (Fsp3) is 0.500. The highest BCUT2D eigenvalue weighted by atomic mass is 127. The lowest BCUT2D eigenvalue weighted by atomic mass is 9.71. The molecule has 2 rings (SSSR count). The zero-order valence-electron chi connectivity index (χ0n) is 8.78. The minimum atomic E-state index is -2.65. The third-order valence-electron chi connectivity index (χ3n) is 3.17. The third-order valence-corrected chi connectivity index (χ3v) is 3.84. The summed E-state index contributed by atoms with van der Waals surface area (Å²) in [5.41, 5.74) is 0.909. The highest BCUT2D eigenvalue weighted by Gasteiger charge is 2.43. The second-order valence-corrected chi connectivity index (χ2v) is 6.02. The Balaban J connectivity index is 2.64. The zero-order chi connectivity index (χ0) is 11.3. The van der Waals surface area contributed by atoms with Gasteiger partial charge in [-0.05, 0) is 52.1 Å². The van der Waals surface area contributed by atoms with Gasteiger partial charge in [-0.15, -0.1) is 0 Å². The molecule has 0 N–H and O–H groups in total. The van der Waals surface area contributed by atoms with Crippen molar-refractivity contribution in [1.29, 1.82) is 0 Å². The van der Waals surface area contributed by atoms with E-state index in [9.17, 15) is 8.78 Å². The predicted octanol–water partition coefficient (Wildman–Crippen LogP) is 4.45. The molecule has 0 heterocycles. The second-order valence-electron chi connectivity index (χ2n) is 4.78. The van der Waals surface area contributed by atoms with Gasteiger partial charge in [0.15, 0.2) is 0 Å². The van der Waals surface area contributed by atoms with Gasteiger partial charge in [-0.3, -0.25) is 0 Å². The molecule has 0 radical (unpaired) electrons. The number of halogens is 3. The molecule has 0 amide bonds. The summed E-state index contributed by atoms with van der Waals surface area (Å²) in [5.74, 6) is -2.65. The lowest BCUT2D eigenvalue weighted by Gasteiger charge is -2.37. The zero-order valence-corrected chi connectivity index (χ0v) is 10.9. The molecule has 1 aromatic carbocycles. The molecule has 0 fully saturated rings. The van der Waals surface area contributed by atoms with E-state index in [-0.39, 0.29) is 17.4 Å². The fourth-order valence-corrected chi connectivity index (χ4v) is 2.64. The molecule has 0 spiro atoms. The summed E-state index contributed by atoms with van der Waals surface area (Å²) in [7, 11) is 0. The molecule has 0 aliphatic heterocycles. The van der Waals surface area contributed by atoms with Crippen molar-refractivity contribution in [1.82, 2.24) is 0 Å². The van der Waals surface area contributed by atoms with E-state index in [1.807, 2.05) is 26.0 Å². The molecule has 3 heteroatoms. The summed E-state index contributed by atoms with van der Waals surface area (Å²) in [6, 6.07) is 5.38. The van der Waals surface area contributed by atoms with Crippen LogP contribution in [0.1, 0.15) is 37.8 Å². The molecule has 0 saturated carbocycles. The Morgan fingerprint density at radius 2 is 1.80 bits per heavy atom. The summed E-state index contributed by atoms with van der Waals surface area (Å²) >= 11 is 2.08. The maximum Gasteiger partial charge on any atom is 0.273 e. The van der Waals surface area contributed by atoms with Crippen LogP contribution in [0.2, 0.25) is 0 Å². The number of hydrogen-bond donors (Lipinski definition) is 0. The molecule has 0 unspecified atom stereocenters. The van der Waals surface area contributed by atoms with Crippen molar-refractivity contribution in [3.05, 3.63) is 32.9 Å². The minimum absolute atomic E-state index is 0.0346. The van der Waals surface area contributed by atoms with Gasteiger partial charge in [0.2, 0.25) is 0 Å². The molecule has 0 aromatic heterocycles. The van der Waals surface area contributed by atoms with Crippen LogP contribution < -0.4 is 0 Å². The minimum Gasteiger partial charge on any atom is -0.201 e. The summed E-state index contributed by atoms with van der Waals surface area (Å²) in [5, 5.41) is 0. The van der Waals surface area contributed by atoms with Crippen molar-refractivity contribution >= 4 is 22.6 Å². The van der Waals surface area contributed by atoms with E-state index in [0.717, 1.165) is 9.13 Å². The van der Waals surface area contributed by atoms with Gasteiger partial charge in [0.25, 0.3) is 5.92 Å². The van der Waals surface area contributed by atoms with Gasteiger partial charge in [0.1, 0.15) is 0 Å². The van der Waals surface area contributed by atoms with Crippen molar-refractivity contribution in [3.63, 3.8) is 0 Å². The normalized spacial score (nSPS) is 22.2. The van der Waals surface area contributed by atoms with Crippen LogP contribution in [0.25, 0.3) is 0 Å². The average molecular weight is 322 g/mol. The molecular weight excluding hydrogens is 309 g/mol. The molecule has 1 aromatic rings. The van der Waals surface area contributed by atoms with Gasteiger partial charge in [0, 0.05) is 15.6 Å². The van der Waals surface area contributed by atoms with Crippen LogP contribution in [0.15, 0.2) is 18.2 Å². The first-order chi connectivity index (χ1) is 6.83. The van der Waals surface area contributed by atoms with Gasteiger partial charge in [-0.1, -0.05) is 19.9 Å². The monoisotopic (exact) mass is 322 g/mol. The van der Waals surface area contributed by atoms with Gasteiger partial charge < -0.3 is 0 Å². The first-order valence-corrected chi connectivity index (χ1v) is 6.09. The van der Waals surface area contributed by atoms with Crippen LogP contribution in [-0.4, -0.2) is 0 Å². The Morgan fingerprint density at radius 1 is 1.13 bits per heavy atom. The number of benzene rings is 1. The number of hydrogen-bond acceptors (Lipinski definition) is 0. The summed E-state index contributed by atoms with van der Waals surface area (Å²) in [6.07, 6.45) is 0.515. The standard InChI is InChI=1S/C12H13F2I/c1-11(2)5-6-12(13,14)10-7-8(15)3-4-9(10)11/h3-4,7H,5-6H2,1-2H3. The van der Waals surface area contributed by atoms with Gasteiger partial charge in [0.05, 0.1) is 0 Å². The highest BCUT2D eigenvalue weighted by molar-refractivity contribution is 14.1. The SMILES string of the molecule is CC1(C)CCC(F)(F)c2cc(I)ccc21. The molecule has 82 valence electrons. The van der Waals surface area contributed by atoms with Crippen LogP contribution in [-0.2, 0) is 11.3 Å². The average Bonchev–Trinajstić information content (AvgIpc) is 2.13. The lowest BCUT2D eigenvalue weighted by molar-refractivity contribution is -0.0308. The predicted molar refractivity (Wildman–Crippen MR) is 65.3 cm³/mol. The van der Waals surface area contributed by atoms with E-state index >= 15 is 0 Å². The molecule has 0 nitrogen and oxygen atoms in total. The van der Waals surface area contributed by atoms with Crippen LogP contribution in [0.4, 0.5) is 8.78 Å². The second kappa shape index (κ2) is 3.40. The summed E-state index contributed by atoms with van der Waals surface area (Å²) in [4.78, 5) is 0. The third kappa shape index (κ3) is 1.90. The first kappa shape index (κ1) is 11.3. The van der Waals surface area contributed by atoms with E-state index in [1.54, 1.807) is 6.07 Å². The maximum atomic E-state index is 13.7. The topological polar surface area (TPSA) is 0 Å². The number of alkyl halides is 2. The summed E-state index contributed by atoms with van der Waals surface area (Å²) in [6.45, 7) is 4.07. The molecule has 1 aliphatic carbocycles. The van der Waals surface area contributed by atoms with E-state index in [1.165, 1.54) is 0 Å².